The maximum Gasteiger partial charge on any atom is 0.0115 e. The summed E-state index contributed by atoms with van der Waals surface area (Å²) < 4.78 is 0. The smallest absolute Gasteiger partial charge is 0.0115 e. The minimum absolute atomic E-state index is 0. The second-order valence-corrected chi connectivity index (χ2v) is 6.08. The van der Waals surface area contributed by atoms with Crippen molar-refractivity contribution in [3.8, 4) is 0 Å². The first kappa shape index (κ1) is 18.7. The van der Waals surface area contributed by atoms with Gasteiger partial charge in [0.15, 0.2) is 0 Å². The molecule has 2 aromatic carbocycles. The van der Waals surface area contributed by atoms with Gasteiger partial charge in [0.25, 0.3) is 0 Å². The Bertz CT molecular complexity index is 538. The molecule has 2 heteroatoms. The standard InChI is InChI=1S/C19H20.2HI/c1-18(16-9-5-3-6-10-16)13-14-19(2,15-18)17-11-7-4-8-12-17;;/h3-14H,15H2,1-2H3;2*1H. The highest BCUT2D eigenvalue weighted by molar-refractivity contribution is 14.0. The fraction of sp³-hybridized carbons (Fsp3) is 0.263. The van der Waals surface area contributed by atoms with Crippen molar-refractivity contribution in [2.24, 2.45) is 0 Å². The third-order valence-corrected chi connectivity index (χ3v) is 4.42. The summed E-state index contributed by atoms with van der Waals surface area (Å²) >= 11 is 0. The second-order valence-electron chi connectivity index (χ2n) is 6.08. The molecule has 0 aromatic heterocycles. The Labute approximate surface area is 162 Å². The summed E-state index contributed by atoms with van der Waals surface area (Å²) in [5, 5.41) is 0. The Morgan fingerprint density at radius 2 is 0.952 bits per heavy atom. The minimum Gasteiger partial charge on any atom is -0.107 e. The molecular weight excluding hydrogens is 482 g/mol. The lowest BCUT2D eigenvalue weighted by molar-refractivity contribution is 0.455. The summed E-state index contributed by atoms with van der Waals surface area (Å²) in [4.78, 5) is 0. The minimum atomic E-state index is 0. The summed E-state index contributed by atoms with van der Waals surface area (Å²) in [7, 11) is 0. The maximum atomic E-state index is 2.38. The molecule has 1 aliphatic carbocycles. The number of allylic oxidation sites excluding steroid dienone is 2. The first-order chi connectivity index (χ1) is 9.12. The molecule has 0 fully saturated rings. The van der Waals surface area contributed by atoms with Gasteiger partial charge >= 0.3 is 0 Å². The molecule has 112 valence electrons. The summed E-state index contributed by atoms with van der Waals surface area (Å²) in [6, 6.07) is 21.6. The number of benzene rings is 2. The number of hydrogen-bond donors (Lipinski definition) is 0. The third-order valence-electron chi connectivity index (χ3n) is 4.42. The van der Waals surface area contributed by atoms with Crippen molar-refractivity contribution < 1.29 is 0 Å². The Hall–Kier alpha value is -0.360. The van der Waals surface area contributed by atoms with Crippen molar-refractivity contribution in [2.75, 3.05) is 0 Å². The molecule has 0 nitrogen and oxygen atoms in total. The molecule has 0 amide bonds. The van der Waals surface area contributed by atoms with E-state index in [0.29, 0.717) is 0 Å². The van der Waals surface area contributed by atoms with E-state index in [0.717, 1.165) is 6.42 Å². The van der Waals surface area contributed by atoms with Crippen LogP contribution >= 0.6 is 48.0 Å². The lowest BCUT2D eigenvalue weighted by Gasteiger charge is -2.30. The molecule has 0 N–H and O–H groups in total. The Morgan fingerprint density at radius 3 is 1.29 bits per heavy atom. The molecule has 0 aliphatic heterocycles. The van der Waals surface area contributed by atoms with Gasteiger partial charge in [0.1, 0.15) is 0 Å². The first-order valence-electron chi connectivity index (χ1n) is 6.94. The van der Waals surface area contributed by atoms with Gasteiger partial charge in [-0.3, -0.25) is 0 Å². The van der Waals surface area contributed by atoms with Crippen molar-refractivity contribution in [3.05, 3.63) is 83.9 Å². The quantitative estimate of drug-likeness (QED) is 0.343. The van der Waals surface area contributed by atoms with Gasteiger partial charge in [-0.05, 0) is 17.5 Å². The van der Waals surface area contributed by atoms with Gasteiger partial charge in [0, 0.05) is 10.8 Å². The molecule has 0 bridgehead atoms. The van der Waals surface area contributed by atoms with Crippen LogP contribution in [0.5, 0.6) is 0 Å². The van der Waals surface area contributed by atoms with Crippen LogP contribution in [0.3, 0.4) is 0 Å². The SMILES string of the molecule is CC1(c2ccccc2)C=CC(C)(c2ccccc2)C1.I.I. The van der Waals surface area contributed by atoms with Gasteiger partial charge < -0.3 is 0 Å². The van der Waals surface area contributed by atoms with Crippen LogP contribution in [0.2, 0.25) is 0 Å². The average molecular weight is 504 g/mol. The van der Waals surface area contributed by atoms with E-state index in [-0.39, 0.29) is 58.8 Å². The van der Waals surface area contributed by atoms with Gasteiger partial charge in [0.05, 0.1) is 0 Å². The molecular formula is C19H22I2. The molecule has 1 aliphatic rings. The lowest BCUT2D eigenvalue weighted by atomic mass is 9.73. The van der Waals surface area contributed by atoms with Crippen LogP contribution in [-0.2, 0) is 10.8 Å². The van der Waals surface area contributed by atoms with Gasteiger partial charge in [0.2, 0.25) is 0 Å². The molecule has 0 saturated heterocycles. The summed E-state index contributed by atoms with van der Waals surface area (Å²) in [6.45, 7) is 4.68. The lowest BCUT2D eigenvalue weighted by Crippen LogP contribution is -2.25. The van der Waals surface area contributed by atoms with Crippen molar-refractivity contribution in [3.63, 3.8) is 0 Å². The monoisotopic (exact) mass is 504 g/mol. The van der Waals surface area contributed by atoms with E-state index in [1.165, 1.54) is 11.1 Å². The highest BCUT2D eigenvalue weighted by atomic mass is 127. The van der Waals surface area contributed by atoms with Crippen LogP contribution in [-0.4, -0.2) is 0 Å². The third kappa shape index (κ3) is 3.70. The Morgan fingerprint density at radius 1 is 0.619 bits per heavy atom. The van der Waals surface area contributed by atoms with Crippen LogP contribution in [0.25, 0.3) is 0 Å². The second kappa shape index (κ2) is 7.27. The van der Waals surface area contributed by atoms with E-state index >= 15 is 0 Å². The number of halogens is 2. The van der Waals surface area contributed by atoms with Crippen molar-refractivity contribution in [2.45, 2.75) is 31.1 Å². The van der Waals surface area contributed by atoms with Crippen molar-refractivity contribution in [1.82, 2.24) is 0 Å². The fourth-order valence-corrected chi connectivity index (χ4v) is 3.28. The zero-order chi connectivity index (χ0) is 13.3. The Kier molecular flexibility index (Phi) is 6.47. The molecule has 3 rings (SSSR count). The zero-order valence-corrected chi connectivity index (χ0v) is 17.1. The van der Waals surface area contributed by atoms with E-state index in [1.54, 1.807) is 0 Å². The first-order valence-corrected chi connectivity index (χ1v) is 6.94. The topological polar surface area (TPSA) is 0 Å². The number of rotatable bonds is 2. The molecule has 0 saturated carbocycles. The van der Waals surface area contributed by atoms with E-state index < -0.39 is 0 Å². The van der Waals surface area contributed by atoms with Crippen LogP contribution < -0.4 is 0 Å². The summed E-state index contributed by atoms with van der Waals surface area (Å²) in [5.74, 6) is 0. The van der Waals surface area contributed by atoms with Crippen LogP contribution in [0.1, 0.15) is 31.4 Å². The highest BCUT2D eigenvalue weighted by Crippen LogP contribution is 2.46. The Balaban J connectivity index is 0.00000110. The maximum absolute atomic E-state index is 2.38. The van der Waals surface area contributed by atoms with Crippen LogP contribution in [0, 0.1) is 0 Å². The summed E-state index contributed by atoms with van der Waals surface area (Å²) in [6.07, 6.45) is 5.90. The highest BCUT2D eigenvalue weighted by Gasteiger charge is 2.39. The number of hydrogen-bond acceptors (Lipinski definition) is 0. The average Bonchev–Trinajstić information content (AvgIpc) is 2.80. The van der Waals surface area contributed by atoms with Gasteiger partial charge in [-0.15, -0.1) is 48.0 Å². The normalized spacial score (nSPS) is 26.8. The molecule has 2 atom stereocenters. The molecule has 0 heterocycles. The van der Waals surface area contributed by atoms with E-state index in [4.69, 9.17) is 0 Å². The predicted molar refractivity (Wildman–Crippen MR) is 112 cm³/mol. The van der Waals surface area contributed by atoms with E-state index in [1.807, 2.05) is 0 Å². The molecule has 0 radical (unpaired) electrons. The molecule has 21 heavy (non-hydrogen) atoms. The fourth-order valence-electron chi connectivity index (χ4n) is 3.28. The zero-order valence-electron chi connectivity index (χ0n) is 12.5. The largest absolute Gasteiger partial charge is 0.107 e. The van der Waals surface area contributed by atoms with E-state index in [2.05, 4.69) is 86.7 Å². The van der Waals surface area contributed by atoms with E-state index in [9.17, 15) is 0 Å². The van der Waals surface area contributed by atoms with Crippen molar-refractivity contribution in [1.29, 1.82) is 0 Å². The van der Waals surface area contributed by atoms with Gasteiger partial charge in [-0.2, -0.15) is 0 Å². The van der Waals surface area contributed by atoms with Gasteiger partial charge in [-0.1, -0.05) is 86.7 Å². The molecule has 2 unspecified atom stereocenters. The predicted octanol–water partition coefficient (Wildman–Crippen LogP) is 6.10. The molecule has 0 spiro atoms. The van der Waals surface area contributed by atoms with Crippen LogP contribution in [0.15, 0.2) is 72.8 Å². The summed E-state index contributed by atoms with van der Waals surface area (Å²) in [5.41, 5.74) is 3.11. The molecule has 2 aromatic rings. The van der Waals surface area contributed by atoms with Crippen molar-refractivity contribution >= 4 is 48.0 Å². The van der Waals surface area contributed by atoms with Gasteiger partial charge in [-0.25, -0.2) is 0 Å². The van der Waals surface area contributed by atoms with Crippen LogP contribution in [0.4, 0.5) is 0 Å².